The highest BCUT2D eigenvalue weighted by molar-refractivity contribution is 9.10. The van der Waals surface area contributed by atoms with Gasteiger partial charge >= 0.3 is 0 Å². The number of ether oxygens (including phenoxy) is 1. The van der Waals surface area contributed by atoms with Gasteiger partial charge in [-0.15, -0.1) is 0 Å². The molecule has 1 N–H and O–H groups in total. The van der Waals surface area contributed by atoms with Gasteiger partial charge in [-0.3, -0.25) is 24.0 Å². The average Bonchev–Trinajstić information content (AvgIpc) is 2.93. The molecule has 0 aliphatic rings. The molecule has 0 radical (unpaired) electrons. The Morgan fingerprint density at radius 1 is 1.07 bits per heavy atom. The highest BCUT2D eigenvalue weighted by Crippen LogP contribution is 2.29. The molecule has 0 unspecified atom stereocenters. The number of nitro groups is 1. The molecular weight excluding hydrogens is 640 g/mol. The van der Waals surface area contributed by atoms with E-state index < -0.39 is 44.9 Å². The van der Waals surface area contributed by atoms with E-state index in [0.29, 0.717) is 11.3 Å². The highest BCUT2D eigenvalue weighted by atomic mass is 79.9. The zero-order valence-corrected chi connectivity index (χ0v) is 27.2. The van der Waals surface area contributed by atoms with E-state index in [1.807, 2.05) is 26.8 Å². The van der Waals surface area contributed by atoms with Gasteiger partial charge in [-0.2, -0.15) is 0 Å². The molecule has 3 aromatic rings. The van der Waals surface area contributed by atoms with Crippen LogP contribution in [-0.2, 0) is 26.2 Å². The summed E-state index contributed by atoms with van der Waals surface area (Å²) < 4.78 is 34.9. The first-order valence-corrected chi connectivity index (χ1v) is 15.5. The van der Waals surface area contributed by atoms with Gasteiger partial charge < -0.3 is 15.0 Å². The van der Waals surface area contributed by atoms with E-state index in [4.69, 9.17) is 4.74 Å². The first-order chi connectivity index (χ1) is 20.0. The van der Waals surface area contributed by atoms with Crippen LogP contribution in [-0.4, -0.2) is 55.3 Å². The molecule has 230 valence electrons. The molecule has 13 heteroatoms. The monoisotopic (exact) mass is 674 g/mol. The predicted molar refractivity (Wildman–Crippen MR) is 167 cm³/mol. The van der Waals surface area contributed by atoms with Crippen molar-refractivity contribution in [3.05, 3.63) is 92.4 Å². The molecule has 3 rings (SSSR count). The topological polar surface area (TPSA) is 139 Å². The molecule has 3 aromatic carbocycles. The van der Waals surface area contributed by atoms with Crippen molar-refractivity contribution in [2.24, 2.45) is 0 Å². The number of anilines is 1. The molecule has 0 heterocycles. The molecular formula is C30H35BrN4O7S. The van der Waals surface area contributed by atoms with Gasteiger partial charge in [0.25, 0.3) is 15.7 Å². The van der Waals surface area contributed by atoms with Crippen LogP contribution in [0.3, 0.4) is 0 Å². The molecule has 0 aliphatic carbocycles. The van der Waals surface area contributed by atoms with Crippen LogP contribution in [0.4, 0.5) is 11.4 Å². The zero-order valence-electron chi connectivity index (χ0n) is 24.8. The Morgan fingerprint density at radius 3 is 2.28 bits per heavy atom. The van der Waals surface area contributed by atoms with E-state index in [1.165, 1.54) is 43.2 Å². The number of methoxy groups -OCH3 is 1. The Hall–Kier alpha value is -3.97. The van der Waals surface area contributed by atoms with E-state index >= 15 is 0 Å². The van der Waals surface area contributed by atoms with Gasteiger partial charge in [0.2, 0.25) is 11.8 Å². The quantitative estimate of drug-likeness (QED) is 0.218. The van der Waals surface area contributed by atoms with Crippen LogP contribution in [0.15, 0.2) is 76.1 Å². The lowest BCUT2D eigenvalue weighted by atomic mass is 10.1. The van der Waals surface area contributed by atoms with Gasteiger partial charge in [-0.25, -0.2) is 8.42 Å². The predicted octanol–water partition coefficient (Wildman–Crippen LogP) is 5.20. The number of hydrogen-bond donors (Lipinski definition) is 1. The number of sulfonamides is 1. The number of hydrogen-bond acceptors (Lipinski definition) is 7. The first-order valence-electron chi connectivity index (χ1n) is 13.3. The molecule has 0 aliphatic heterocycles. The first kappa shape index (κ1) is 33.5. The lowest BCUT2D eigenvalue weighted by Gasteiger charge is -2.33. The molecule has 0 saturated carbocycles. The third-order valence-electron chi connectivity index (χ3n) is 6.51. The van der Waals surface area contributed by atoms with Crippen molar-refractivity contribution in [3.8, 4) is 5.75 Å². The van der Waals surface area contributed by atoms with Crippen LogP contribution in [0.5, 0.6) is 5.75 Å². The molecule has 43 heavy (non-hydrogen) atoms. The second kappa shape index (κ2) is 13.6. The van der Waals surface area contributed by atoms with Crippen molar-refractivity contribution in [1.82, 2.24) is 10.2 Å². The normalized spacial score (nSPS) is 12.3. The maximum Gasteiger partial charge on any atom is 0.273 e. The van der Waals surface area contributed by atoms with Gasteiger partial charge in [-0.1, -0.05) is 34.1 Å². The van der Waals surface area contributed by atoms with Crippen molar-refractivity contribution in [2.45, 2.75) is 57.6 Å². The number of nitrogens with zero attached hydrogens (tertiary/aromatic N) is 3. The van der Waals surface area contributed by atoms with Crippen LogP contribution in [0.2, 0.25) is 0 Å². The summed E-state index contributed by atoms with van der Waals surface area (Å²) in [6.45, 7) is 7.86. The van der Waals surface area contributed by atoms with E-state index in [9.17, 15) is 28.1 Å². The Kier molecular flexibility index (Phi) is 10.6. The SMILES string of the molecule is COc1ccc(N(CC(=O)N(Cc2cccc(Br)c2)[C@H](C)C(=O)NC(C)(C)C)S(=O)(=O)c2ccc(C)c([N+](=O)[O-])c2)cc1. The van der Waals surface area contributed by atoms with E-state index in [2.05, 4.69) is 21.2 Å². The second-order valence-electron chi connectivity index (χ2n) is 11.0. The van der Waals surface area contributed by atoms with Crippen molar-refractivity contribution in [3.63, 3.8) is 0 Å². The maximum atomic E-state index is 14.1. The largest absolute Gasteiger partial charge is 0.497 e. The van der Waals surface area contributed by atoms with Crippen LogP contribution >= 0.6 is 15.9 Å². The fourth-order valence-corrected chi connectivity index (χ4v) is 6.12. The van der Waals surface area contributed by atoms with E-state index in [1.54, 1.807) is 37.3 Å². The minimum absolute atomic E-state index is 0.0174. The summed E-state index contributed by atoms with van der Waals surface area (Å²) in [6.07, 6.45) is 0. The summed E-state index contributed by atoms with van der Waals surface area (Å²) in [6, 6.07) is 15.9. The van der Waals surface area contributed by atoms with Crippen molar-refractivity contribution < 1.29 is 27.7 Å². The lowest BCUT2D eigenvalue weighted by molar-refractivity contribution is -0.385. The Morgan fingerprint density at radius 2 is 1.72 bits per heavy atom. The second-order valence-corrected chi connectivity index (χ2v) is 13.8. The number of nitrogens with one attached hydrogen (secondary N) is 1. The highest BCUT2D eigenvalue weighted by Gasteiger charge is 2.34. The third-order valence-corrected chi connectivity index (χ3v) is 8.78. The number of aryl methyl sites for hydroxylation is 1. The van der Waals surface area contributed by atoms with Crippen molar-refractivity contribution in [1.29, 1.82) is 0 Å². The van der Waals surface area contributed by atoms with E-state index in [-0.39, 0.29) is 28.4 Å². The van der Waals surface area contributed by atoms with Gasteiger partial charge in [0.15, 0.2) is 0 Å². The van der Waals surface area contributed by atoms with Crippen molar-refractivity contribution in [2.75, 3.05) is 18.0 Å². The number of carbonyl (C=O) groups excluding carboxylic acids is 2. The minimum atomic E-state index is -4.50. The number of nitro benzene ring substituents is 1. The van der Waals surface area contributed by atoms with Gasteiger partial charge in [0, 0.05) is 28.2 Å². The summed E-state index contributed by atoms with van der Waals surface area (Å²) in [5.74, 6) is -0.608. The van der Waals surface area contributed by atoms with Gasteiger partial charge in [-0.05, 0) is 82.6 Å². The Labute approximate surface area is 260 Å². The van der Waals surface area contributed by atoms with Crippen LogP contribution in [0.1, 0.15) is 38.8 Å². The summed E-state index contributed by atoms with van der Waals surface area (Å²) in [4.78, 5) is 39.2. The van der Waals surface area contributed by atoms with Gasteiger partial charge in [0.05, 0.1) is 22.6 Å². The fourth-order valence-electron chi connectivity index (χ4n) is 4.24. The number of halogens is 1. The van der Waals surface area contributed by atoms with Crippen LogP contribution < -0.4 is 14.4 Å². The molecule has 1 atom stereocenters. The molecule has 0 fully saturated rings. The fraction of sp³-hybridized carbons (Fsp3) is 0.333. The standard InChI is InChI=1S/C30H35BrN4O7S/c1-20-10-15-26(17-27(20)35(38)39)43(40,41)34(24-11-13-25(42-6)14-12-24)19-28(36)33(18-22-8-7-9-23(31)16-22)21(2)29(37)32-30(3,4)5/h7-17,21H,18-19H2,1-6H3,(H,32,37)/t21-/m1/s1. The number of carbonyl (C=O) groups is 2. The summed E-state index contributed by atoms with van der Waals surface area (Å²) in [5.41, 5.74) is 0.188. The smallest absolute Gasteiger partial charge is 0.273 e. The molecule has 2 amide bonds. The lowest BCUT2D eigenvalue weighted by Crippen LogP contribution is -2.54. The summed E-state index contributed by atoms with van der Waals surface area (Å²) in [5, 5.41) is 14.5. The summed E-state index contributed by atoms with van der Waals surface area (Å²) in [7, 11) is -3.04. The minimum Gasteiger partial charge on any atom is -0.497 e. The third kappa shape index (κ3) is 8.54. The Bertz CT molecular complexity index is 1610. The maximum absolute atomic E-state index is 14.1. The Balaban J connectivity index is 2.10. The molecule has 0 aromatic heterocycles. The zero-order chi connectivity index (χ0) is 32.1. The average molecular weight is 676 g/mol. The molecule has 11 nitrogen and oxygen atoms in total. The van der Waals surface area contributed by atoms with Crippen LogP contribution in [0.25, 0.3) is 0 Å². The van der Waals surface area contributed by atoms with Gasteiger partial charge in [0.1, 0.15) is 18.3 Å². The number of amides is 2. The summed E-state index contributed by atoms with van der Waals surface area (Å²) >= 11 is 3.42. The number of rotatable bonds is 11. The molecule has 0 spiro atoms. The van der Waals surface area contributed by atoms with Crippen LogP contribution in [0, 0.1) is 17.0 Å². The molecule has 0 bridgehead atoms. The van der Waals surface area contributed by atoms with E-state index in [0.717, 1.165) is 14.8 Å². The number of benzene rings is 3. The molecule has 0 saturated heterocycles. The van der Waals surface area contributed by atoms with Crippen molar-refractivity contribution >= 4 is 49.1 Å².